The van der Waals surface area contributed by atoms with Gasteiger partial charge in [-0.1, -0.05) is 60.7 Å². The van der Waals surface area contributed by atoms with Crippen molar-refractivity contribution < 1.29 is 9.53 Å². The number of amides is 2. The van der Waals surface area contributed by atoms with Crippen LogP contribution in [0.1, 0.15) is 5.56 Å². The van der Waals surface area contributed by atoms with Crippen LogP contribution in [0.4, 0.5) is 21.9 Å². The van der Waals surface area contributed by atoms with Crippen LogP contribution in [-0.4, -0.2) is 32.3 Å². The maximum atomic E-state index is 13.3. The van der Waals surface area contributed by atoms with Gasteiger partial charge in [0.15, 0.2) is 0 Å². The summed E-state index contributed by atoms with van der Waals surface area (Å²) in [6.07, 6.45) is 0. The molecule has 1 heterocycles. The summed E-state index contributed by atoms with van der Waals surface area (Å²) in [6.45, 7) is 3.54. The average Bonchev–Trinajstić information content (AvgIpc) is 2.79. The van der Waals surface area contributed by atoms with E-state index in [0.717, 1.165) is 35.7 Å². The molecule has 5 heteroatoms. The summed E-state index contributed by atoms with van der Waals surface area (Å²) in [4.78, 5) is 17.3. The second-order valence-electron chi connectivity index (χ2n) is 6.95. The summed E-state index contributed by atoms with van der Waals surface area (Å²) < 4.78 is 5.47. The van der Waals surface area contributed by atoms with E-state index >= 15 is 0 Å². The van der Waals surface area contributed by atoms with E-state index in [1.165, 1.54) is 0 Å². The van der Waals surface area contributed by atoms with Crippen LogP contribution in [0.2, 0.25) is 0 Å². The first-order chi connectivity index (χ1) is 14.3. The van der Waals surface area contributed by atoms with E-state index in [9.17, 15) is 4.79 Å². The van der Waals surface area contributed by atoms with Crippen molar-refractivity contribution >= 4 is 23.1 Å². The van der Waals surface area contributed by atoms with Crippen molar-refractivity contribution in [2.75, 3.05) is 41.4 Å². The minimum absolute atomic E-state index is 0.152. The Morgan fingerprint density at radius 2 is 1.48 bits per heavy atom. The second-order valence-corrected chi connectivity index (χ2v) is 6.95. The van der Waals surface area contributed by atoms with Gasteiger partial charge in [0.2, 0.25) is 0 Å². The summed E-state index contributed by atoms with van der Waals surface area (Å²) in [5.41, 5.74) is 3.77. The van der Waals surface area contributed by atoms with Gasteiger partial charge in [0.1, 0.15) is 0 Å². The fourth-order valence-electron chi connectivity index (χ4n) is 3.50. The standard InChI is InChI=1S/C24H25N3O2/c28-24(25-22-13-7-8-14-23(22)26-15-17-29-18-16-26)27(21-11-5-2-6-12-21)19-20-9-3-1-4-10-20/h1-14H,15-19H2,(H,25,28). The zero-order valence-electron chi connectivity index (χ0n) is 16.3. The molecule has 0 radical (unpaired) electrons. The van der Waals surface area contributed by atoms with Gasteiger partial charge in [-0.3, -0.25) is 4.90 Å². The summed E-state index contributed by atoms with van der Waals surface area (Å²) in [6, 6.07) is 27.6. The number of anilines is 3. The number of hydrogen-bond donors (Lipinski definition) is 1. The van der Waals surface area contributed by atoms with Crippen molar-refractivity contribution in [3.63, 3.8) is 0 Å². The van der Waals surface area contributed by atoms with Crippen LogP contribution in [0.25, 0.3) is 0 Å². The molecule has 5 nitrogen and oxygen atoms in total. The van der Waals surface area contributed by atoms with Crippen LogP contribution in [-0.2, 0) is 11.3 Å². The summed E-state index contributed by atoms with van der Waals surface area (Å²) in [7, 11) is 0. The number of nitrogens with zero attached hydrogens (tertiary/aromatic N) is 2. The van der Waals surface area contributed by atoms with Crippen molar-refractivity contribution in [2.24, 2.45) is 0 Å². The smallest absolute Gasteiger partial charge is 0.326 e. The molecule has 1 saturated heterocycles. The van der Waals surface area contributed by atoms with Crippen LogP contribution in [0.5, 0.6) is 0 Å². The maximum Gasteiger partial charge on any atom is 0.326 e. The molecule has 0 atom stereocenters. The lowest BCUT2D eigenvalue weighted by molar-refractivity contribution is 0.123. The third kappa shape index (κ3) is 4.76. The van der Waals surface area contributed by atoms with Crippen LogP contribution < -0.4 is 15.1 Å². The van der Waals surface area contributed by atoms with E-state index in [1.54, 1.807) is 4.90 Å². The Bertz CT molecular complexity index is 925. The molecule has 0 aromatic heterocycles. The van der Waals surface area contributed by atoms with Crippen LogP contribution >= 0.6 is 0 Å². The predicted octanol–water partition coefficient (Wildman–Crippen LogP) is 4.76. The molecule has 4 rings (SSSR count). The number of ether oxygens (including phenoxy) is 1. The molecule has 0 aliphatic carbocycles. The van der Waals surface area contributed by atoms with Gasteiger partial charge < -0.3 is 15.0 Å². The molecule has 1 aliphatic heterocycles. The Morgan fingerprint density at radius 1 is 0.862 bits per heavy atom. The van der Waals surface area contributed by atoms with Gasteiger partial charge in [-0.05, 0) is 29.8 Å². The van der Waals surface area contributed by atoms with Crippen molar-refractivity contribution in [3.05, 3.63) is 90.5 Å². The molecule has 1 N–H and O–H groups in total. The Hall–Kier alpha value is -3.31. The lowest BCUT2D eigenvalue weighted by Gasteiger charge is -2.31. The molecule has 29 heavy (non-hydrogen) atoms. The largest absolute Gasteiger partial charge is 0.378 e. The average molecular weight is 387 g/mol. The third-order valence-corrected chi connectivity index (χ3v) is 4.99. The number of para-hydroxylation sites is 3. The van der Waals surface area contributed by atoms with Crippen molar-refractivity contribution in [2.45, 2.75) is 6.54 Å². The molecule has 1 fully saturated rings. The molecule has 0 saturated carbocycles. The molecule has 0 bridgehead atoms. The zero-order chi connectivity index (χ0) is 19.9. The minimum atomic E-state index is -0.152. The Kier molecular flexibility index (Phi) is 6.07. The van der Waals surface area contributed by atoms with E-state index in [1.807, 2.05) is 84.9 Å². The zero-order valence-corrected chi connectivity index (χ0v) is 16.3. The Morgan fingerprint density at radius 3 is 2.21 bits per heavy atom. The van der Waals surface area contributed by atoms with Gasteiger partial charge in [0.25, 0.3) is 0 Å². The van der Waals surface area contributed by atoms with E-state index in [2.05, 4.69) is 10.2 Å². The lowest BCUT2D eigenvalue weighted by Crippen LogP contribution is -2.38. The number of carbonyl (C=O) groups excluding carboxylic acids is 1. The quantitative estimate of drug-likeness (QED) is 0.686. The fraction of sp³-hybridized carbons (Fsp3) is 0.208. The monoisotopic (exact) mass is 387 g/mol. The van der Waals surface area contributed by atoms with Gasteiger partial charge in [-0.25, -0.2) is 4.79 Å². The highest BCUT2D eigenvalue weighted by Gasteiger charge is 2.20. The van der Waals surface area contributed by atoms with Crippen LogP contribution in [0.15, 0.2) is 84.9 Å². The predicted molar refractivity (Wildman–Crippen MR) is 118 cm³/mol. The molecular weight excluding hydrogens is 362 g/mol. The van der Waals surface area contributed by atoms with Gasteiger partial charge in [-0.2, -0.15) is 0 Å². The van der Waals surface area contributed by atoms with E-state index in [4.69, 9.17) is 4.74 Å². The number of urea groups is 1. The van der Waals surface area contributed by atoms with E-state index in [-0.39, 0.29) is 6.03 Å². The minimum Gasteiger partial charge on any atom is -0.378 e. The first kappa shape index (κ1) is 19.0. The molecular formula is C24H25N3O2. The third-order valence-electron chi connectivity index (χ3n) is 4.99. The molecule has 3 aromatic carbocycles. The first-order valence-corrected chi connectivity index (χ1v) is 9.90. The highest BCUT2D eigenvalue weighted by Crippen LogP contribution is 2.27. The molecule has 3 aromatic rings. The van der Waals surface area contributed by atoms with Gasteiger partial charge in [0.05, 0.1) is 31.1 Å². The molecule has 148 valence electrons. The lowest BCUT2D eigenvalue weighted by atomic mass is 10.2. The SMILES string of the molecule is O=C(Nc1ccccc1N1CCOCC1)N(Cc1ccccc1)c1ccccc1. The second kappa shape index (κ2) is 9.26. The van der Waals surface area contributed by atoms with Crippen molar-refractivity contribution in [3.8, 4) is 0 Å². The normalized spacial score (nSPS) is 13.7. The van der Waals surface area contributed by atoms with E-state index < -0.39 is 0 Å². The summed E-state index contributed by atoms with van der Waals surface area (Å²) in [5, 5.41) is 3.13. The fourth-order valence-corrected chi connectivity index (χ4v) is 3.50. The van der Waals surface area contributed by atoms with Crippen molar-refractivity contribution in [1.29, 1.82) is 0 Å². The van der Waals surface area contributed by atoms with Crippen LogP contribution in [0, 0.1) is 0 Å². The summed E-state index contributed by atoms with van der Waals surface area (Å²) in [5.74, 6) is 0. The highest BCUT2D eigenvalue weighted by molar-refractivity contribution is 6.03. The van der Waals surface area contributed by atoms with Gasteiger partial charge in [0, 0.05) is 18.8 Å². The van der Waals surface area contributed by atoms with E-state index in [0.29, 0.717) is 19.8 Å². The molecule has 2 amide bonds. The van der Waals surface area contributed by atoms with Crippen LogP contribution in [0.3, 0.4) is 0 Å². The number of carbonyl (C=O) groups is 1. The van der Waals surface area contributed by atoms with Crippen molar-refractivity contribution in [1.82, 2.24) is 0 Å². The van der Waals surface area contributed by atoms with Gasteiger partial charge in [-0.15, -0.1) is 0 Å². The highest BCUT2D eigenvalue weighted by atomic mass is 16.5. The number of hydrogen-bond acceptors (Lipinski definition) is 3. The molecule has 0 unspecified atom stereocenters. The Balaban J connectivity index is 1.59. The van der Waals surface area contributed by atoms with Gasteiger partial charge >= 0.3 is 6.03 Å². The number of rotatable bonds is 5. The first-order valence-electron chi connectivity index (χ1n) is 9.90. The number of nitrogens with one attached hydrogen (secondary N) is 1. The topological polar surface area (TPSA) is 44.8 Å². The maximum absolute atomic E-state index is 13.3. The number of morpholine rings is 1. The molecule has 1 aliphatic rings. The number of benzene rings is 3. The Labute approximate surface area is 171 Å². The molecule has 0 spiro atoms. The summed E-state index contributed by atoms with van der Waals surface area (Å²) >= 11 is 0.